The van der Waals surface area contributed by atoms with Gasteiger partial charge in [-0.05, 0) is 19.1 Å². The van der Waals surface area contributed by atoms with Gasteiger partial charge in [0.05, 0.1) is 6.54 Å². The summed E-state index contributed by atoms with van der Waals surface area (Å²) in [6, 6.07) is 3.71. The Hall–Kier alpha value is -1.98. The van der Waals surface area contributed by atoms with Crippen molar-refractivity contribution >= 4 is 5.69 Å². The molecule has 0 amide bonds. The van der Waals surface area contributed by atoms with Crippen LogP contribution in [0, 0.1) is 23.3 Å². The Bertz CT molecular complexity index is 566. The molecule has 1 heterocycles. The van der Waals surface area contributed by atoms with Crippen molar-refractivity contribution in [2.45, 2.75) is 20.0 Å². The average Bonchev–Trinajstić information content (AvgIpc) is 2.84. The first-order valence-electron chi connectivity index (χ1n) is 5.75. The van der Waals surface area contributed by atoms with Gasteiger partial charge >= 0.3 is 0 Å². The van der Waals surface area contributed by atoms with Crippen molar-refractivity contribution < 1.29 is 17.6 Å². The zero-order chi connectivity index (χ0) is 14.0. The van der Waals surface area contributed by atoms with Crippen molar-refractivity contribution in [3.63, 3.8) is 0 Å². The predicted octanol–water partition coefficient (Wildman–Crippen LogP) is 3.68. The maximum atomic E-state index is 13.4. The number of anilines is 1. The molecule has 0 spiro atoms. The van der Waals surface area contributed by atoms with Gasteiger partial charge in [0, 0.05) is 24.5 Å². The fourth-order valence-corrected chi connectivity index (χ4v) is 1.83. The van der Waals surface area contributed by atoms with Crippen LogP contribution in [0.2, 0.25) is 0 Å². The summed E-state index contributed by atoms with van der Waals surface area (Å²) < 4.78 is 54.7. The lowest BCUT2D eigenvalue weighted by Gasteiger charge is -2.11. The zero-order valence-corrected chi connectivity index (χ0v) is 10.2. The Balaban J connectivity index is 2.25. The minimum atomic E-state index is -1.42. The summed E-state index contributed by atoms with van der Waals surface area (Å²) in [4.78, 5) is 0. The Morgan fingerprint density at radius 2 is 1.74 bits per heavy atom. The molecule has 6 heteroatoms. The molecule has 0 saturated heterocycles. The molecular weight excluding hydrogens is 260 g/mol. The van der Waals surface area contributed by atoms with Crippen molar-refractivity contribution in [3.05, 3.63) is 53.4 Å². The first-order valence-corrected chi connectivity index (χ1v) is 5.75. The van der Waals surface area contributed by atoms with E-state index in [2.05, 4.69) is 5.32 Å². The van der Waals surface area contributed by atoms with E-state index in [4.69, 9.17) is 0 Å². The highest BCUT2D eigenvalue weighted by atomic mass is 19.2. The van der Waals surface area contributed by atoms with Crippen LogP contribution in [0.4, 0.5) is 23.2 Å². The van der Waals surface area contributed by atoms with Crippen molar-refractivity contribution in [3.8, 4) is 0 Å². The van der Waals surface area contributed by atoms with E-state index in [1.165, 1.54) is 0 Å². The molecule has 2 aromatic rings. The van der Waals surface area contributed by atoms with E-state index in [0.717, 1.165) is 5.69 Å². The molecule has 1 N–H and O–H groups in total. The van der Waals surface area contributed by atoms with Crippen LogP contribution in [0.3, 0.4) is 0 Å². The SMILES string of the molecule is CCn1cccc1CNc1c(F)c(F)cc(F)c1F. The quantitative estimate of drug-likeness (QED) is 0.663. The lowest BCUT2D eigenvalue weighted by atomic mass is 10.2. The summed E-state index contributed by atoms with van der Waals surface area (Å²) in [6.45, 7) is 2.66. The molecule has 0 radical (unpaired) electrons. The number of halogens is 4. The van der Waals surface area contributed by atoms with Crippen LogP contribution in [-0.4, -0.2) is 4.57 Å². The number of nitrogens with one attached hydrogen (secondary N) is 1. The number of aryl methyl sites for hydroxylation is 1. The van der Waals surface area contributed by atoms with Gasteiger partial charge in [-0.25, -0.2) is 17.6 Å². The summed E-state index contributed by atoms with van der Waals surface area (Å²) in [5, 5.41) is 2.39. The number of hydrogen-bond acceptors (Lipinski definition) is 1. The van der Waals surface area contributed by atoms with Gasteiger partial charge in [0.2, 0.25) is 0 Å². The van der Waals surface area contributed by atoms with Gasteiger partial charge in [-0.15, -0.1) is 0 Å². The molecule has 0 bridgehead atoms. The highest BCUT2D eigenvalue weighted by Crippen LogP contribution is 2.24. The molecule has 0 aliphatic rings. The van der Waals surface area contributed by atoms with Crippen molar-refractivity contribution in [2.24, 2.45) is 0 Å². The molecule has 0 fully saturated rings. The number of nitrogens with zero attached hydrogens (tertiary/aromatic N) is 1. The van der Waals surface area contributed by atoms with Crippen LogP contribution < -0.4 is 5.32 Å². The first kappa shape index (κ1) is 13.5. The monoisotopic (exact) mass is 272 g/mol. The van der Waals surface area contributed by atoms with Crippen LogP contribution in [0.5, 0.6) is 0 Å². The Labute approximate surface area is 107 Å². The molecule has 2 rings (SSSR count). The average molecular weight is 272 g/mol. The highest BCUT2D eigenvalue weighted by Gasteiger charge is 2.18. The Kier molecular flexibility index (Phi) is 3.78. The molecule has 0 aliphatic heterocycles. The van der Waals surface area contributed by atoms with Crippen molar-refractivity contribution in [1.82, 2.24) is 4.57 Å². The third-order valence-electron chi connectivity index (χ3n) is 2.82. The van der Waals surface area contributed by atoms with Gasteiger partial charge in [-0.3, -0.25) is 0 Å². The van der Waals surface area contributed by atoms with E-state index in [-0.39, 0.29) is 12.6 Å². The van der Waals surface area contributed by atoms with Crippen LogP contribution >= 0.6 is 0 Å². The molecular formula is C13H12F4N2. The minimum Gasteiger partial charge on any atom is -0.375 e. The summed E-state index contributed by atoms with van der Waals surface area (Å²) in [6.07, 6.45) is 1.80. The summed E-state index contributed by atoms with van der Waals surface area (Å²) >= 11 is 0. The fourth-order valence-electron chi connectivity index (χ4n) is 1.83. The van der Waals surface area contributed by atoms with Crippen LogP contribution in [-0.2, 0) is 13.1 Å². The number of aromatic nitrogens is 1. The Morgan fingerprint density at radius 1 is 1.11 bits per heavy atom. The third kappa shape index (κ3) is 2.57. The zero-order valence-electron chi connectivity index (χ0n) is 10.2. The topological polar surface area (TPSA) is 17.0 Å². The van der Waals surface area contributed by atoms with Crippen molar-refractivity contribution in [1.29, 1.82) is 0 Å². The number of benzene rings is 1. The molecule has 19 heavy (non-hydrogen) atoms. The predicted molar refractivity (Wildman–Crippen MR) is 63.7 cm³/mol. The maximum absolute atomic E-state index is 13.4. The second kappa shape index (κ2) is 5.34. The van der Waals surface area contributed by atoms with Gasteiger partial charge in [-0.2, -0.15) is 0 Å². The molecule has 0 atom stereocenters. The fraction of sp³-hybridized carbons (Fsp3) is 0.231. The second-order valence-electron chi connectivity index (χ2n) is 3.98. The van der Waals surface area contributed by atoms with Crippen molar-refractivity contribution in [2.75, 3.05) is 5.32 Å². The highest BCUT2D eigenvalue weighted by molar-refractivity contribution is 5.47. The third-order valence-corrected chi connectivity index (χ3v) is 2.82. The second-order valence-corrected chi connectivity index (χ2v) is 3.98. The van der Waals surface area contributed by atoms with Gasteiger partial charge < -0.3 is 9.88 Å². The molecule has 0 saturated carbocycles. The van der Waals surface area contributed by atoms with Gasteiger partial charge in [0.25, 0.3) is 0 Å². The Morgan fingerprint density at radius 3 is 2.32 bits per heavy atom. The lowest BCUT2D eigenvalue weighted by Crippen LogP contribution is -2.10. The van der Waals surface area contributed by atoms with E-state index in [1.54, 1.807) is 18.3 Å². The van der Waals surface area contributed by atoms with E-state index in [9.17, 15) is 17.6 Å². The summed E-state index contributed by atoms with van der Waals surface area (Å²) in [7, 11) is 0. The maximum Gasteiger partial charge on any atom is 0.185 e. The molecule has 2 nitrogen and oxygen atoms in total. The van der Waals surface area contributed by atoms with Crippen LogP contribution in [0.15, 0.2) is 24.4 Å². The normalized spacial score (nSPS) is 10.8. The summed E-state index contributed by atoms with van der Waals surface area (Å²) in [5.74, 6) is -5.69. The van der Waals surface area contributed by atoms with Gasteiger partial charge in [0.15, 0.2) is 23.3 Å². The largest absolute Gasteiger partial charge is 0.375 e. The van der Waals surface area contributed by atoms with Crippen LogP contribution in [0.25, 0.3) is 0 Å². The first-order chi connectivity index (χ1) is 9.04. The van der Waals surface area contributed by atoms with E-state index in [1.807, 2.05) is 11.5 Å². The number of rotatable bonds is 4. The molecule has 1 aromatic heterocycles. The van der Waals surface area contributed by atoms with E-state index < -0.39 is 29.0 Å². The van der Waals surface area contributed by atoms with Gasteiger partial charge in [0.1, 0.15) is 5.69 Å². The molecule has 0 aliphatic carbocycles. The minimum absolute atomic E-state index is 0.0670. The molecule has 102 valence electrons. The van der Waals surface area contributed by atoms with Crippen LogP contribution in [0.1, 0.15) is 12.6 Å². The summed E-state index contributed by atoms with van der Waals surface area (Å²) in [5.41, 5.74) is -0.0349. The lowest BCUT2D eigenvalue weighted by molar-refractivity contribution is 0.458. The number of hydrogen-bond donors (Lipinski definition) is 1. The molecule has 1 aromatic carbocycles. The van der Waals surface area contributed by atoms with E-state index in [0.29, 0.717) is 6.54 Å². The van der Waals surface area contributed by atoms with E-state index >= 15 is 0 Å². The van der Waals surface area contributed by atoms with Gasteiger partial charge in [-0.1, -0.05) is 0 Å². The smallest absolute Gasteiger partial charge is 0.185 e. The molecule has 0 unspecified atom stereocenters. The standard InChI is InChI=1S/C13H12F4N2/c1-2-19-5-3-4-8(19)7-18-13-11(16)9(14)6-10(15)12(13)17/h3-6,18H,2,7H2,1H3.